The number of rotatable bonds is 4. The highest BCUT2D eigenvalue weighted by molar-refractivity contribution is 5.95. The van der Waals surface area contributed by atoms with E-state index in [1.54, 1.807) is 35.4 Å². The molecule has 1 aliphatic heterocycles. The Morgan fingerprint density at radius 3 is 2.86 bits per heavy atom. The van der Waals surface area contributed by atoms with Crippen LogP contribution in [0, 0.1) is 19.7 Å². The van der Waals surface area contributed by atoms with Gasteiger partial charge in [-0.1, -0.05) is 12.1 Å². The Morgan fingerprint density at radius 2 is 2.11 bits per heavy atom. The molecule has 1 fully saturated rings. The van der Waals surface area contributed by atoms with Crippen molar-refractivity contribution in [2.75, 3.05) is 13.1 Å². The van der Waals surface area contributed by atoms with Crippen molar-refractivity contribution in [3.8, 4) is 11.6 Å². The predicted molar refractivity (Wildman–Crippen MR) is 99.8 cm³/mol. The summed E-state index contributed by atoms with van der Waals surface area (Å²) in [6.45, 7) is 4.80. The van der Waals surface area contributed by atoms with Crippen molar-refractivity contribution in [2.45, 2.75) is 26.2 Å². The average Bonchev–Trinajstić information content (AvgIpc) is 3.32. The number of benzene rings is 1. The molecule has 1 amide bonds. The van der Waals surface area contributed by atoms with E-state index in [2.05, 4.69) is 20.2 Å². The van der Waals surface area contributed by atoms with Crippen molar-refractivity contribution in [1.82, 2.24) is 25.1 Å². The number of aromatic amines is 1. The van der Waals surface area contributed by atoms with Gasteiger partial charge in [-0.05, 0) is 32.4 Å². The fourth-order valence-electron chi connectivity index (χ4n) is 3.33. The maximum Gasteiger partial charge on any atom is 0.257 e. The van der Waals surface area contributed by atoms with E-state index in [9.17, 15) is 9.18 Å². The van der Waals surface area contributed by atoms with Gasteiger partial charge in [0.1, 0.15) is 5.82 Å². The number of nitrogens with one attached hydrogen (secondary N) is 1. The van der Waals surface area contributed by atoms with Gasteiger partial charge in [0.15, 0.2) is 11.6 Å². The second kappa shape index (κ2) is 7.38. The molecule has 8 heteroatoms. The summed E-state index contributed by atoms with van der Waals surface area (Å²) in [6, 6.07) is 7.86. The Kier molecular flexibility index (Phi) is 4.77. The van der Waals surface area contributed by atoms with E-state index >= 15 is 0 Å². The highest BCUT2D eigenvalue weighted by atomic mass is 19.1. The van der Waals surface area contributed by atoms with Gasteiger partial charge >= 0.3 is 0 Å². The quantitative estimate of drug-likeness (QED) is 0.749. The Bertz CT molecular complexity index is 1020. The van der Waals surface area contributed by atoms with Crippen molar-refractivity contribution < 1.29 is 13.9 Å². The lowest BCUT2D eigenvalue weighted by atomic mass is 10.1. The maximum absolute atomic E-state index is 13.9. The van der Waals surface area contributed by atoms with E-state index in [1.165, 1.54) is 6.07 Å². The summed E-state index contributed by atoms with van der Waals surface area (Å²) in [5.41, 5.74) is 2.06. The van der Waals surface area contributed by atoms with Crippen LogP contribution in [-0.4, -0.2) is 44.1 Å². The summed E-state index contributed by atoms with van der Waals surface area (Å²) in [5, 5.41) is 6.71. The van der Waals surface area contributed by atoms with Crippen LogP contribution in [0.2, 0.25) is 0 Å². The van der Waals surface area contributed by atoms with Gasteiger partial charge in [0.25, 0.3) is 5.91 Å². The van der Waals surface area contributed by atoms with Crippen LogP contribution < -0.4 is 4.74 Å². The molecule has 1 aliphatic rings. The smallest absolute Gasteiger partial charge is 0.257 e. The number of carbonyl (C=O) groups excluding carboxylic acids is 1. The first-order chi connectivity index (χ1) is 13.5. The number of carbonyl (C=O) groups is 1. The molecule has 4 rings (SSSR count). The number of H-pyrrole nitrogens is 1. The summed E-state index contributed by atoms with van der Waals surface area (Å²) in [7, 11) is 0. The molecule has 144 valence electrons. The van der Waals surface area contributed by atoms with Gasteiger partial charge in [0.05, 0.1) is 11.8 Å². The molecule has 7 nitrogen and oxygen atoms in total. The number of para-hydroxylation sites is 1. The normalized spacial score (nSPS) is 16.4. The Labute approximate surface area is 161 Å². The first kappa shape index (κ1) is 18.1. The maximum atomic E-state index is 13.9. The first-order valence-electron chi connectivity index (χ1n) is 9.08. The van der Waals surface area contributed by atoms with Crippen LogP contribution in [0.3, 0.4) is 0 Å². The van der Waals surface area contributed by atoms with Crippen molar-refractivity contribution >= 4 is 5.91 Å². The van der Waals surface area contributed by atoms with Crippen LogP contribution in [0.1, 0.15) is 39.9 Å². The predicted octanol–water partition coefficient (Wildman–Crippen LogP) is 3.38. The summed E-state index contributed by atoms with van der Waals surface area (Å²) < 4.78 is 19.5. The molecule has 1 atom stereocenters. The van der Waals surface area contributed by atoms with Crippen LogP contribution in [0.15, 0.2) is 36.5 Å². The largest absolute Gasteiger partial charge is 0.436 e. The molecule has 1 aromatic carbocycles. The number of ether oxygens (including phenoxy) is 1. The van der Waals surface area contributed by atoms with Gasteiger partial charge in [-0.15, -0.1) is 0 Å². The number of aromatic nitrogens is 4. The van der Waals surface area contributed by atoms with Gasteiger partial charge in [-0.2, -0.15) is 10.1 Å². The third kappa shape index (κ3) is 3.58. The lowest BCUT2D eigenvalue weighted by Gasteiger charge is -2.16. The zero-order valence-electron chi connectivity index (χ0n) is 15.6. The highest BCUT2D eigenvalue weighted by Crippen LogP contribution is 2.29. The number of amides is 1. The Hall–Kier alpha value is -3.29. The molecule has 0 saturated carbocycles. The lowest BCUT2D eigenvalue weighted by molar-refractivity contribution is 0.0790. The second-order valence-corrected chi connectivity index (χ2v) is 6.88. The zero-order valence-corrected chi connectivity index (χ0v) is 15.6. The standard InChI is InChI=1S/C20H20FN5O2/c1-12-9-18(28-17-6-4-3-5-16(17)21)24-19(23-12)14-7-8-26(11-14)20(27)15-10-22-25-13(15)2/h3-6,9-10,14H,7-8,11H2,1-2H3,(H,22,25). The molecule has 0 bridgehead atoms. The van der Waals surface area contributed by atoms with Crippen molar-refractivity contribution in [3.05, 3.63) is 65.1 Å². The van der Waals surface area contributed by atoms with Crippen molar-refractivity contribution in [2.24, 2.45) is 0 Å². The molecular formula is C20H20FN5O2. The highest BCUT2D eigenvalue weighted by Gasteiger charge is 2.31. The van der Waals surface area contributed by atoms with E-state index < -0.39 is 5.82 Å². The van der Waals surface area contributed by atoms with Gasteiger partial charge < -0.3 is 9.64 Å². The molecule has 1 N–H and O–H groups in total. The lowest BCUT2D eigenvalue weighted by Crippen LogP contribution is -2.28. The van der Waals surface area contributed by atoms with E-state index in [-0.39, 0.29) is 17.6 Å². The minimum Gasteiger partial charge on any atom is -0.436 e. The number of likely N-dealkylation sites (tertiary alicyclic amines) is 1. The first-order valence-corrected chi connectivity index (χ1v) is 9.08. The number of aryl methyl sites for hydroxylation is 2. The summed E-state index contributed by atoms with van der Waals surface area (Å²) >= 11 is 0. The molecule has 1 saturated heterocycles. The van der Waals surface area contributed by atoms with Crippen LogP contribution >= 0.6 is 0 Å². The van der Waals surface area contributed by atoms with E-state index in [1.807, 2.05) is 13.8 Å². The van der Waals surface area contributed by atoms with Crippen molar-refractivity contribution in [3.63, 3.8) is 0 Å². The second-order valence-electron chi connectivity index (χ2n) is 6.88. The minimum absolute atomic E-state index is 0.000901. The van der Waals surface area contributed by atoms with E-state index in [4.69, 9.17) is 4.74 Å². The van der Waals surface area contributed by atoms with Gasteiger partial charge in [0, 0.05) is 36.5 Å². The van der Waals surface area contributed by atoms with Gasteiger partial charge in [0.2, 0.25) is 5.88 Å². The SMILES string of the molecule is Cc1cc(Oc2ccccc2F)nc(C2CCN(C(=O)c3cn[nH]c3C)C2)n1. The molecule has 3 aromatic rings. The van der Waals surface area contributed by atoms with E-state index in [0.29, 0.717) is 30.4 Å². The molecule has 28 heavy (non-hydrogen) atoms. The number of hydrogen-bond acceptors (Lipinski definition) is 5. The van der Waals surface area contributed by atoms with Crippen LogP contribution in [0.4, 0.5) is 4.39 Å². The zero-order chi connectivity index (χ0) is 19.7. The topological polar surface area (TPSA) is 84.0 Å². The Balaban J connectivity index is 1.52. The summed E-state index contributed by atoms with van der Waals surface area (Å²) in [5.74, 6) is 0.510. The minimum atomic E-state index is -0.451. The fraction of sp³-hybridized carbons (Fsp3) is 0.300. The molecule has 1 unspecified atom stereocenters. The number of halogens is 1. The average molecular weight is 381 g/mol. The van der Waals surface area contributed by atoms with Crippen LogP contribution in [0.5, 0.6) is 11.6 Å². The van der Waals surface area contributed by atoms with Crippen LogP contribution in [0.25, 0.3) is 0 Å². The molecule has 0 aliphatic carbocycles. The van der Waals surface area contributed by atoms with Crippen LogP contribution in [-0.2, 0) is 0 Å². The summed E-state index contributed by atoms with van der Waals surface area (Å²) in [4.78, 5) is 23.4. The molecule has 2 aromatic heterocycles. The molecular weight excluding hydrogens is 361 g/mol. The molecule has 0 spiro atoms. The Morgan fingerprint density at radius 1 is 1.29 bits per heavy atom. The van der Waals surface area contributed by atoms with Gasteiger partial charge in [-0.25, -0.2) is 9.37 Å². The molecule has 3 heterocycles. The number of hydrogen-bond donors (Lipinski definition) is 1. The van der Waals surface area contributed by atoms with E-state index in [0.717, 1.165) is 17.8 Å². The third-order valence-corrected chi connectivity index (χ3v) is 4.80. The van der Waals surface area contributed by atoms with Gasteiger partial charge in [-0.3, -0.25) is 9.89 Å². The van der Waals surface area contributed by atoms with Crippen molar-refractivity contribution in [1.29, 1.82) is 0 Å². The third-order valence-electron chi connectivity index (χ3n) is 4.80. The number of nitrogens with zero attached hydrogens (tertiary/aromatic N) is 4. The summed E-state index contributed by atoms with van der Waals surface area (Å²) in [6.07, 6.45) is 2.31. The monoisotopic (exact) mass is 381 g/mol. The fourth-order valence-corrected chi connectivity index (χ4v) is 3.33. The molecule has 0 radical (unpaired) electrons.